The molecule has 0 spiro atoms. The SMILES string of the molecule is COc1ccc2c(c1)C1=CC1(S(C)(=O)=O)Cn1c-2c(C2CCCCC2)c2ccc(C(C)=O)cc21. The van der Waals surface area contributed by atoms with Crippen LogP contribution in [0, 0.1) is 0 Å². The Kier molecular flexibility index (Phi) is 4.66. The first-order valence-corrected chi connectivity index (χ1v) is 13.9. The van der Waals surface area contributed by atoms with Crippen LogP contribution in [-0.4, -0.2) is 36.9 Å². The number of methoxy groups -OCH3 is 1. The zero-order chi connectivity index (χ0) is 23.8. The molecule has 1 saturated carbocycles. The molecule has 2 aromatic carbocycles. The third-order valence-electron chi connectivity index (χ3n) is 8.10. The van der Waals surface area contributed by atoms with Crippen LogP contribution in [0.2, 0.25) is 0 Å². The number of aromatic nitrogens is 1. The average Bonchev–Trinajstić information content (AvgIpc) is 3.50. The standard InChI is InChI=1S/C28H29NO4S/c1-17(30)19-9-11-22-25(13-19)29-16-28(34(3,31)32)15-24(28)23-14-20(33-2)10-12-21(23)27(29)26(22)18-7-5-4-6-8-18/h9-15,18H,4-8,16H2,1-3H3. The maximum atomic E-state index is 13.1. The number of hydrogen-bond acceptors (Lipinski definition) is 4. The number of Topliss-reactive ketones (excluding diaryl/α,β-unsaturated/α-hetero) is 1. The minimum Gasteiger partial charge on any atom is -0.497 e. The highest BCUT2D eigenvalue weighted by atomic mass is 32.2. The summed E-state index contributed by atoms with van der Waals surface area (Å²) < 4.78 is 33.0. The van der Waals surface area contributed by atoms with Gasteiger partial charge in [0.1, 0.15) is 10.5 Å². The highest BCUT2D eigenvalue weighted by Crippen LogP contribution is 2.57. The zero-order valence-electron chi connectivity index (χ0n) is 19.8. The highest BCUT2D eigenvalue weighted by molar-refractivity contribution is 7.93. The van der Waals surface area contributed by atoms with Gasteiger partial charge < -0.3 is 9.30 Å². The monoisotopic (exact) mass is 475 g/mol. The Morgan fingerprint density at radius 3 is 2.50 bits per heavy atom. The van der Waals surface area contributed by atoms with Crippen LogP contribution in [-0.2, 0) is 16.4 Å². The minimum atomic E-state index is -3.41. The van der Waals surface area contributed by atoms with Crippen LogP contribution in [0.4, 0.5) is 0 Å². The Labute approximate surface area is 200 Å². The number of rotatable bonds is 4. The molecular formula is C28H29NO4S. The Morgan fingerprint density at radius 2 is 1.82 bits per heavy atom. The topological polar surface area (TPSA) is 65.4 Å². The normalized spacial score (nSPS) is 21.8. The predicted molar refractivity (Wildman–Crippen MR) is 135 cm³/mol. The molecule has 1 atom stereocenters. The number of ketones is 1. The van der Waals surface area contributed by atoms with Crippen molar-refractivity contribution in [3.63, 3.8) is 0 Å². The molecule has 1 aromatic heterocycles. The van der Waals surface area contributed by atoms with Crippen molar-refractivity contribution in [2.75, 3.05) is 13.4 Å². The predicted octanol–water partition coefficient (Wildman–Crippen LogP) is 5.76. The molecular weight excluding hydrogens is 446 g/mol. The summed E-state index contributed by atoms with van der Waals surface area (Å²) in [4.78, 5) is 12.3. The van der Waals surface area contributed by atoms with Crippen LogP contribution >= 0.6 is 0 Å². The molecule has 0 bridgehead atoms. The van der Waals surface area contributed by atoms with Crippen molar-refractivity contribution in [2.45, 2.75) is 56.2 Å². The van der Waals surface area contributed by atoms with E-state index in [-0.39, 0.29) is 5.78 Å². The number of sulfone groups is 1. The first-order valence-electron chi connectivity index (χ1n) is 12.0. The lowest BCUT2D eigenvalue weighted by Gasteiger charge is -2.24. The Morgan fingerprint density at radius 1 is 1.06 bits per heavy atom. The van der Waals surface area contributed by atoms with E-state index in [0.29, 0.717) is 18.0 Å². The molecule has 0 amide bonds. The van der Waals surface area contributed by atoms with E-state index in [0.717, 1.165) is 51.9 Å². The van der Waals surface area contributed by atoms with Crippen molar-refractivity contribution in [1.82, 2.24) is 4.57 Å². The number of ether oxygens (including phenoxy) is 1. The average molecular weight is 476 g/mol. The van der Waals surface area contributed by atoms with Crippen molar-refractivity contribution >= 4 is 32.1 Å². The van der Waals surface area contributed by atoms with Crippen molar-refractivity contribution in [1.29, 1.82) is 0 Å². The van der Waals surface area contributed by atoms with Gasteiger partial charge >= 0.3 is 0 Å². The van der Waals surface area contributed by atoms with E-state index in [1.54, 1.807) is 14.0 Å². The summed E-state index contributed by atoms with van der Waals surface area (Å²) >= 11 is 0. The van der Waals surface area contributed by atoms with Crippen molar-refractivity contribution in [2.24, 2.45) is 0 Å². The Bertz CT molecular complexity index is 1500. The molecule has 5 nitrogen and oxygen atoms in total. The third-order valence-corrected chi connectivity index (χ3v) is 9.89. The van der Waals surface area contributed by atoms with Gasteiger partial charge in [0.05, 0.1) is 19.3 Å². The summed E-state index contributed by atoms with van der Waals surface area (Å²) in [6.45, 7) is 1.91. The Hall–Kier alpha value is -2.86. The molecule has 0 radical (unpaired) electrons. The summed E-state index contributed by atoms with van der Waals surface area (Å²) in [5, 5.41) is 1.14. The summed E-state index contributed by atoms with van der Waals surface area (Å²) in [6.07, 6.45) is 9.15. The number of benzene rings is 2. The quantitative estimate of drug-likeness (QED) is 0.450. The molecule has 6 rings (SSSR count). The number of carbonyl (C=O) groups is 1. The smallest absolute Gasteiger partial charge is 0.162 e. The van der Waals surface area contributed by atoms with E-state index in [2.05, 4.69) is 16.7 Å². The molecule has 6 heteroatoms. The maximum absolute atomic E-state index is 13.1. The van der Waals surface area contributed by atoms with Gasteiger partial charge in [0.25, 0.3) is 0 Å². The van der Waals surface area contributed by atoms with E-state index in [9.17, 15) is 13.2 Å². The summed E-state index contributed by atoms with van der Waals surface area (Å²) in [5.74, 6) is 1.15. The fourth-order valence-corrected chi connectivity index (χ4v) is 7.43. The molecule has 3 aliphatic rings. The van der Waals surface area contributed by atoms with Gasteiger partial charge in [-0.3, -0.25) is 4.79 Å². The van der Waals surface area contributed by atoms with E-state index in [1.165, 1.54) is 31.1 Å². The lowest BCUT2D eigenvalue weighted by atomic mass is 9.81. The second-order valence-corrected chi connectivity index (χ2v) is 12.4. The van der Waals surface area contributed by atoms with Crippen LogP contribution in [0.25, 0.3) is 27.7 Å². The van der Waals surface area contributed by atoms with Crippen LogP contribution < -0.4 is 4.74 Å². The lowest BCUT2D eigenvalue weighted by Crippen LogP contribution is -2.30. The van der Waals surface area contributed by atoms with Crippen LogP contribution in [0.3, 0.4) is 0 Å². The van der Waals surface area contributed by atoms with Gasteiger partial charge in [-0.15, -0.1) is 0 Å². The van der Waals surface area contributed by atoms with Gasteiger partial charge in [-0.05, 0) is 66.6 Å². The molecule has 3 aromatic rings. The first-order chi connectivity index (χ1) is 16.2. The van der Waals surface area contributed by atoms with Crippen molar-refractivity contribution in [3.05, 3.63) is 59.2 Å². The molecule has 34 heavy (non-hydrogen) atoms. The minimum absolute atomic E-state index is 0.0125. The third kappa shape index (κ3) is 2.97. The molecule has 2 heterocycles. The second-order valence-electron chi connectivity index (χ2n) is 10.1. The molecule has 2 aliphatic carbocycles. The van der Waals surface area contributed by atoms with Gasteiger partial charge in [0, 0.05) is 28.3 Å². The fourth-order valence-electron chi connectivity index (χ4n) is 6.23. The molecule has 0 saturated heterocycles. The van der Waals surface area contributed by atoms with Crippen LogP contribution in [0.1, 0.15) is 66.4 Å². The van der Waals surface area contributed by atoms with E-state index >= 15 is 0 Å². The number of nitrogens with zero attached hydrogens (tertiary/aromatic N) is 1. The zero-order valence-corrected chi connectivity index (χ0v) is 20.7. The summed E-state index contributed by atoms with van der Waals surface area (Å²) in [7, 11) is -1.78. The molecule has 1 aliphatic heterocycles. The van der Waals surface area contributed by atoms with Crippen molar-refractivity contribution in [3.8, 4) is 17.0 Å². The van der Waals surface area contributed by atoms with Gasteiger partial charge in [-0.25, -0.2) is 8.42 Å². The summed E-state index contributed by atoms with van der Waals surface area (Å²) in [5.41, 5.74) is 6.87. The molecule has 1 unspecified atom stereocenters. The lowest BCUT2D eigenvalue weighted by molar-refractivity contribution is 0.101. The number of hydrogen-bond donors (Lipinski definition) is 0. The Balaban J connectivity index is 1.73. The fraction of sp³-hybridized carbons (Fsp3) is 0.393. The molecule has 176 valence electrons. The number of fused-ring (bicyclic) bond motifs is 7. The maximum Gasteiger partial charge on any atom is 0.162 e. The van der Waals surface area contributed by atoms with Crippen molar-refractivity contribution < 1.29 is 17.9 Å². The van der Waals surface area contributed by atoms with E-state index < -0.39 is 14.6 Å². The van der Waals surface area contributed by atoms with Gasteiger partial charge in [0.2, 0.25) is 0 Å². The van der Waals surface area contributed by atoms with Crippen LogP contribution in [0.15, 0.2) is 42.5 Å². The van der Waals surface area contributed by atoms with Gasteiger partial charge in [0.15, 0.2) is 15.6 Å². The number of carbonyl (C=O) groups excluding carboxylic acids is 1. The van der Waals surface area contributed by atoms with Gasteiger partial charge in [-0.2, -0.15) is 0 Å². The molecule has 0 N–H and O–H groups in total. The summed E-state index contributed by atoms with van der Waals surface area (Å²) in [6, 6.07) is 12.0. The van der Waals surface area contributed by atoms with E-state index in [4.69, 9.17) is 4.74 Å². The second kappa shape index (κ2) is 7.32. The van der Waals surface area contributed by atoms with Gasteiger partial charge in [-0.1, -0.05) is 37.5 Å². The largest absolute Gasteiger partial charge is 0.497 e. The first kappa shape index (κ1) is 21.7. The molecule has 1 fully saturated rings. The van der Waals surface area contributed by atoms with E-state index in [1.807, 2.05) is 30.3 Å². The van der Waals surface area contributed by atoms with Crippen LogP contribution in [0.5, 0.6) is 5.75 Å². The highest BCUT2D eigenvalue weighted by Gasteiger charge is 2.56.